The Labute approximate surface area is 80.9 Å². The quantitative estimate of drug-likeness (QED) is 0.509. The molecular weight excluding hydrogens is 162 g/mol. The van der Waals surface area contributed by atoms with Crippen molar-refractivity contribution in [1.29, 1.82) is 0 Å². The van der Waals surface area contributed by atoms with Gasteiger partial charge in [-0.25, -0.2) is 0 Å². The fourth-order valence-electron chi connectivity index (χ4n) is 1.97. The van der Waals surface area contributed by atoms with Crippen LogP contribution in [0.25, 0.3) is 0 Å². The van der Waals surface area contributed by atoms with Gasteiger partial charge >= 0.3 is 0 Å². The van der Waals surface area contributed by atoms with Crippen LogP contribution in [0, 0.1) is 12.3 Å². The maximum absolute atomic E-state index is 9.85. The van der Waals surface area contributed by atoms with Crippen LogP contribution in [0.2, 0.25) is 0 Å². The van der Waals surface area contributed by atoms with E-state index >= 15 is 0 Å². The molecule has 1 aliphatic rings. The van der Waals surface area contributed by atoms with E-state index in [1.165, 1.54) is 0 Å². The molecule has 2 nitrogen and oxygen atoms in total. The summed E-state index contributed by atoms with van der Waals surface area (Å²) in [4.78, 5) is 2.27. The maximum Gasteiger partial charge on any atom is 0.0900 e. The lowest BCUT2D eigenvalue weighted by atomic mass is 9.89. The van der Waals surface area contributed by atoms with E-state index < -0.39 is 0 Å². The molecule has 1 saturated heterocycles. The van der Waals surface area contributed by atoms with Crippen molar-refractivity contribution in [2.24, 2.45) is 0 Å². The average Bonchev–Trinajstić information content (AvgIpc) is 2.02. The highest BCUT2D eigenvalue weighted by atomic mass is 16.3. The van der Waals surface area contributed by atoms with Crippen molar-refractivity contribution >= 4 is 0 Å². The lowest BCUT2D eigenvalue weighted by molar-refractivity contribution is -0.102. The minimum atomic E-state index is -0.384. The minimum absolute atomic E-state index is 0.384. The summed E-state index contributed by atoms with van der Waals surface area (Å²) >= 11 is 0. The lowest BCUT2D eigenvalue weighted by Gasteiger charge is -2.46. The Hall–Kier alpha value is -0.520. The van der Waals surface area contributed by atoms with Gasteiger partial charge in [-0.05, 0) is 19.4 Å². The number of nitrogens with zero attached hydrogens (tertiary/aromatic N) is 1. The van der Waals surface area contributed by atoms with Crippen LogP contribution >= 0.6 is 0 Å². The second-order valence-corrected chi connectivity index (χ2v) is 3.99. The molecule has 0 unspecified atom stereocenters. The minimum Gasteiger partial charge on any atom is -0.387 e. The summed E-state index contributed by atoms with van der Waals surface area (Å²) in [5, 5.41) is 9.85. The van der Waals surface area contributed by atoms with Crippen molar-refractivity contribution in [3.05, 3.63) is 0 Å². The van der Waals surface area contributed by atoms with E-state index in [9.17, 15) is 5.11 Å². The molecule has 1 heterocycles. The average molecular weight is 181 g/mol. The molecule has 13 heavy (non-hydrogen) atoms. The summed E-state index contributed by atoms with van der Waals surface area (Å²) < 4.78 is 0. The molecule has 0 radical (unpaired) electrons. The molecular formula is C11H19NO. The molecule has 0 spiro atoms. The summed E-state index contributed by atoms with van der Waals surface area (Å²) in [7, 11) is 0. The van der Waals surface area contributed by atoms with Crippen molar-refractivity contribution in [1.82, 2.24) is 4.90 Å². The van der Waals surface area contributed by atoms with Crippen LogP contribution < -0.4 is 0 Å². The highest BCUT2D eigenvalue weighted by Crippen LogP contribution is 2.25. The Morgan fingerprint density at radius 3 is 2.77 bits per heavy atom. The van der Waals surface area contributed by atoms with Gasteiger partial charge in [-0.15, -0.1) is 12.3 Å². The first-order valence-corrected chi connectivity index (χ1v) is 5.08. The highest BCUT2D eigenvalue weighted by Gasteiger charge is 2.39. The molecule has 0 atom stereocenters. The van der Waals surface area contributed by atoms with E-state index in [-0.39, 0.29) is 5.60 Å². The molecule has 0 aliphatic carbocycles. The third kappa shape index (κ3) is 3.02. The number of hydrogen-bond acceptors (Lipinski definition) is 2. The number of β-amino-alcohol motifs (C(OH)–C–C–N with tert-alkyl or cyclic N) is 1. The molecule has 1 N–H and O–H groups in total. The van der Waals surface area contributed by atoms with Gasteiger partial charge in [0.05, 0.1) is 5.60 Å². The summed E-state index contributed by atoms with van der Waals surface area (Å²) in [5.74, 6) is 2.63. The fraction of sp³-hybridized carbons (Fsp3) is 0.818. The molecule has 1 rings (SSSR count). The summed E-state index contributed by atoms with van der Waals surface area (Å²) in [6.07, 6.45) is 9.05. The Morgan fingerprint density at radius 2 is 2.23 bits per heavy atom. The Bertz CT molecular complexity index is 189. The summed E-state index contributed by atoms with van der Waals surface area (Å²) in [6.45, 7) is 4.83. The van der Waals surface area contributed by atoms with Crippen molar-refractivity contribution < 1.29 is 5.11 Å². The standard InChI is InChI=1S/C11H19NO/c1-3-5-6-8-12-9-11(13,10-12)7-4-2/h1,13H,4-10H2,2H3. The molecule has 1 fully saturated rings. The second kappa shape index (κ2) is 4.64. The summed E-state index contributed by atoms with van der Waals surface area (Å²) in [6, 6.07) is 0. The number of rotatable bonds is 5. The zero-order valence-corrected chi connectivity index (χ0v) is 8.42. The van der Waals surface area contributed by atoms with Gasteiger partial charge in [0.25, 0.3) is 0 Å². The van der Waals surface area contributed by atoms with Crippen molar-refractivity contribution in [2.75, 3.05) is 19.6 Å². The van der Waals surface area contributed by atoms with Gasteiger partial charge in [0.2, 0.25) is 0 Å². The number of unbranched alkanes of at least 4 members (excludes halogenated alkanes) is 1. The van der Waals surface area contributed by atoms with Crippen molar-refractivity contribution in [2.45, 2.75) is 38.2 Å². The van der Waals surface area contributed by atoms with Crippen LogP contribution in [0.5, 0.6) is 0 Å². The van der Waals surface area contributed by atoms with Crippen molar-refractivity contribution in [3.8, 4) is 12.3 Å². The number of terminal acetylenes is 1. The zero-order chi connectivity index (χ0) is 9.73. The smallest absolute Gasteiger partial charge is 0.0900 e. The van der Waals surface area contributed by atoms with Crippen LogP contribution in [0.1, 0.15) is 32.6 Å². The molecule has 0 bridgehead atoms. The monoisotopic (exact) mass is 181 g/mol. The van der Waals surface area contributed by atoms with Gasteiger partial charge in [-0.3, -0.25) is 4.90 Å². The molecule has 0 aromatic rings. The third-order valence-corrected chi connectivity index (χ3v) is 2.55. The topological polar surface area (TPSA) is 23.5 Å². The Kier molecular flexibility index (Phi) is 3.77. The van der Waals surface area contributed by atoms with Crippen LogP contribution in [0.15, 0.2) is 0 Å². The van der Waals surface area contributed by atoms with Crippen LogP contribution in [0.3, 0.4) is 0 Å². The highest BCUT2D eigenvalue weighted by molar-refractivity contribution is 4.95. The van der Waals surface area contributed by atoms with E-state index in [0.29, 0.717) is 0 Å². The molecule has 0 amide bonds. The van der Waals surface area contributed by atoms with E-state index in [1.807, 2.05) is 0 Å². The number of aliphatic hydroxyl groups is 1. The van der Waals surface area contributed by atoms with Gasteiger partial charge in [0.15, 0.2) is 0 Å². The summed E-state index contributed by atoms with van der Waals surface area (Å²) in [5.41, 5.74) is -0.384. The third-order valence-electron chi connectivity index (χ3n) is 2.55. The Morgan fingerprint density at radius 1 is 1.54 bits per heavy atom. The predicted molar refractivity (Wildman–Crippen MR) is 54.4 cm³/mol. The van der Waals surface area contributed by atoms with Gasteiger partial charge < -0.3 is 5.11 Å². The van der Waals surface area contributed by atoms with Gasteiger partial charge in [-0.1, -0.05) is 13.3 Å². The normalized spacial score (nSPS) is 20.7. The van der Waals surface area contributed by atoms with E-state index in [4.69, 9.17) is 6.42 Å². The first-order chi connectivity index (χ1) is 6.20. The van der Waals surface area contributed by atoms with Crippen LogP contribution in [-0.4, -0.2) is 35.2 Å². The van der Waals surface area contributed by atoms with Crippen molar-refractivity contribution in [3.63, 3.8) is 0 Å². The molecule has 0 aromatic carbocycles. The molecule has 1 aliphatic heterocycles. The number of likely N-dealkylation sites (tertiary alicyclic amines) is 1. The fourth-order valence-corrected chi connectivity index (χ4v) is 1.97. The Balaban J connectivity index is 2.07. The first-order valence-electron chi connectivity index (χ1n) is 5.08. The van der Waals surface area contributed by atoms with E-state index in [0.717, 1.165) is 45.3 Å². The van der Waals surface area contributed by atoms with E-state index in [1.54, 1.807) is 0 Å². The van der Waals surface area contributed by atoms with Gasteiger partial charge in [-0.2, -0.15) is 0 Å². The van der Waals surface area contributed by atoms with E-state index in [2.05, 4.69) is 17.7 Å². The molecule has 0 aromatic heterocycles. The molecule has 2 heteroatoms. The largest absolute Gasteiger partial charge is 0.387 e. The predicted octanol–water partition coefficient (Wildman–Crippen LogP) is 1.25. The SMILES string of the molecule is C#CCCCN1CC(O)(CCC)C1. The van der Waals surface area contributed by atoms with Gasteiger partial charge in [0.1, 0.15) is 0 Å². The second-order valence-electron chi connectivity index (χ2n) is 3.99. The molecule has 74 valence electrons. The lowest BCUT2D eigenvalue weighted by Crippen LogP contribution is -2.61. The number of hydrogen-bond donors (Lipinski definition) is 1. The first kappa shape index (κ1) is 10.6. The maximum atomic E-state index is 9.85. The van der Waals surface area contributed by atoms with Crippen LogP contribution in [0.4, 0.5) is 0 Å². The molecule has 0 saturated carbocycles. The van der Waals surface area contributed by atoms with Gasteiger partial charge in [0, 0.05) is 19.5 Å². The zero-order valence-electron chi connectivity index (χ0n) is 8.42. The van der Waals surface area contributed by atoms with Crippen LogP contribution in [-0.2, 0) is 0 Å².